The molecule has 3 heteroatoms. The molecule has 0 aliphatic carbocycles. The first-order chi connectivity index (χ1) is 34.2. The van der Waals surface area contributed by atoms with Crippen LogP contribution in [0.4, 0.5) is 17.1 Å². The molecule has 2 heterocycles. The van der Waals surface area contributed by atoms with Crippen molar-refractivity contribution in [2.75, 3.05) is 4.90 Å². The molecule has 0 unspecified atom stereocenters. The number of hydrogen-bond donors (Lipinski definition) is 0. The van der Waals surface area contributed by atoms with Crippen LogP contribution >= 0.6 is 0 Å². The Morgan fingerprint density at radius 3 is 0.928 bits per heavy atom. The SMILES string of the molecule is c1ccc(-c2cccc(N(c3cccc(-c4ccccc4)c3)c3cccc(-c4ccc5c(c4)c4cc(-c6ccc7c(c6)c6ccccc6n7-c6ccccc6)ccc4n5-c4ccccc4)c3)c2)cc1. The molecule has 0 fully saturated rings. The van der Waals surface area contributed by atoms with Gasteiger partial charge < -0.3 is 14.0 Å². The van der Waals surface area contributed by atoms with Crippen molar-refractivity contribution < 1.29 is 0 Å². The first kappa shape index (κ1) is 40.1. The third-order valence-corrected chi connectivity index (χ3v) is 13.7. The first-order valence-electron chi connectivity index (χ1n) is 23.7. The Hall–Kier alpha value is -9.18. The molecule has 0 N–H and O–H groups in total. The van der Waals surface area contributed by atoms with Gasteiger partial charge in [0.1, 0.15) is 0 Å². The number of nitrogens with zero attached hydrogens (tertiary/aromatic N) is 3. The maximum atomic E-state index is 2.41. The van der Waals surface area contributed by atoms with E-state index < -0.39 is 0 Å². The first-order valence-corrected chi connectivity index (χ1v) is 23.7. The summed E-state index contributed by atoms with van der Waals surface area (Å²) in [5.74, 6) is 0. The van der Waals surface area contributed by atoms with Crippen molar-refractivity contribution in [3.05, 3.63) is 273 Å². The van der Waals surface area contributed by atoms with Gasteiger partial charge in [-0.15, -0.1) is 0 Å². The molecule has 0 aliphatic rings. The van der Waals surface area contributed by atoms with Crippen molar-refractivity contribution in [3.63, 3.8) is 0 Å². The summed E-state index contributed by atoms with van der Waals surface area (Å²) < 4.78 is 4.79. The number of para-hydroxylation sites is 3. The zero-order chi connectivity index (χ0) is 45.7. The summed E-state index contributed by atoms with van der Waals surface area (Å²) in [5, 5.41) is 4.92. The lowest BCUT2D eigenvalue weighted by Crippen LogP contribution is -2.10. The monoisotopic (exact) mass is 879 g/mol. The number of benzene rings is 11. The highest BCUT2D eigenvalue weighted by atomic mass is 15.1. The Bertz CT molecular complexity index is 3920. The van der Waals surface area contributed by atoms with Gasteiger partial charge in [-0.25, -0.2) is 0 Å². The van der Waals surface area contributed by atoms with Crippen LogP contribution in [0.2, 0.25) is 0 Å². The van der Waals surface area contributed by atoms with Crippen LogP contribution < -0.4 is 4.90 Å². The van der Waals surface area contributed by atoms with E-state index >= 15 is 0 Å². The van der Waals surface area contributed by atoms with E-state index in [1.807, 2.05) is 0 Å². The quantitative estimate of drug-likeness (QED) is 0.141. The summed E-state index contributed by atoms with van der Waals surface area (Å²) in [6.07, 6.45) is 0. The average molecular weight is 880 g/mol. The van der Waals surface area contributed by atoms with E-state index in [0.717, 1.165) is 39.6 Å². The maximum absolute atomic E-state index is 2.41. The fourth-order valence-electron chi connectivity index (χ4n) is 10.4. The molecule has 0 radical (unpaired) electrons. The summed E-state index contributed by atoms with van der Waals surface area (Å²) in [5.41, 5.74) is 19.7. The molecule has 324 valence electrons. The van der Waals surface area contributed by atoms with Crippen LogP contribution in [-0.2, 0) is 0 Å². The van der Waals surface area contributed by atoms with E-state index in [1.165, 1.54) is 77.0 Å². The van der Waals surface area contributed by atoms with Crippen LogP contribution in [0.1, 0.15) is 0 Å². The van der Waals surface area contributed by atoms with Crippen LogP contribution in [0.3, 0.4) is 0 Å². The molecule has 13 rings (SSSR count). The third-order valence-electron chi connectivity index (χ3n) is 13.7. The van der Waals surface area contributed by atoms with Gasteiger partial charge in [-0.1, -0.05) is 170 Å². The molecular formula is C66H45N3. The van der Waals surface area contributed by atoms with Crippen molar-refractivity contribution in [2.24, 2.45) is 0 Å². The molecule has 0 saturated carbocycles. The molecular weight excluding hydrogens is 835 g/mol. The smallest absolute Gasteiger partial charge is 0.0541 e. The average Bonchev–Trinajstić information content (AvgIpc) is 3.94. The molecule has 11 aromatic carbocycles. The molecule has 0 amide bonds. The van der Waals surface area contributed by atoms with Gasteiger partial charge in [0.15, 0.2) is 0 Å². The molecule has 0 spiro atoms. The molecule has 69 heavy (non-hydrogen) atoms. The van der Waals surface area contributed by atoms with Gasteiger partial charge >= 0.3 is 0 Å². The number of rotatable bonds is 9. The van der Waals surface area contributed by atoms with Crippen LogP contribution in [-0.4, -0.2) is 9.13 Å². The molecule has 13 aromatic rings. The van der Waals surface area contributed by atoms with Gasteiger partial charge in [0.2, 0.25) is 0 Å². The second kappa shape index (κ2) is 16.9. The highest BCUT2D eigenvalue weighted by Gasteiger charge is 2.19. The fourth-order valence-corrected chi connectivity index (χ4v) is 10.4. The molecule has 0 bridgehead atoms. The standard InChI is InChI=1S/C66H45N3/c1-5-18-46(19-6-1)48-22-15-29-56(40-48)67(57-30-16-23-49(41-57)47-20-7-2-8-21-47)58-31-17-24-50(42-58)51-34-38-65-61(44-51)62-45-53(36-39-66(62)69(65)55-27-11-4-12-28-55)52-35-37-64-60(43-52)59-32-13-14-33-63(59)68(64)54-25-9-3-10-26-54/h1-45H. The summed E-state index contributed by atoms with van der Waals surface area (Å²) in [6, 6.07) is 99.2. The topological polar surface area (TPSA) is 13.1 Å². The van der Waals surface area contributed by atoms with E-state index in [4.69, 9.17) is 0 Å². The molecule has 2 aromatic heterocycles. The largest absolute Gasteiger partial charge is 0.310 e. The maximum Gasteiger partial charge on any atom is 0.0541 e. The zero-order valence-corrected chi connectivity index (χ0v) is 37.8. The van der Waals surface area contributed by atoms with Crippen LogP contribution in [0.5, 0.6) is 0 Å². The highest BCUT2D eigenvalue weighted by Crippen LogP contribution is 2.42. The van der Waals surface area contributed by atoms with Crippen molar-refractivity contribution >= 4 is 60.7 Å². The summed E-state index contributed by atoms with van der Waals surface area (Å²) in [6.45, 7) is 0. The summed E-state index contributed by atoms with van der Waals surface area (Å²) >= 11 is 0. The Morgan fingerprint density at radius 1 is 0.203 bits per heavy atom. The Morgan fingerprint density at radius 2 is 0.507 bits per heavy atom. The van der Waals surface area contributed by atoms with Crippen LogP contribution in [0, 0.1) is 0 Å². The number of fused-ring (bicyclic) bond motifs is 6. The summed E-state index contributed by atoms with van der Waals surface area (Å²) in [4.78, 5) is 2.39. The second-order valence-corrected chi connectivity index (χ2v) is 17.8. The van der Waals surface area contributed by atoms with E-state index in [-0.39, 0.29) is 0 Å². The van der Waals surface area contributed by atoms with E-state index in [2.05, 4.69) is 287 Å². The normalized spacial score (nSPS) is 11.5. The van der Waals surface area contributed by atoms with Gasteiger partial charge in [-0.05, 0) is 148 Å². The Balaban J connectivity index is 0.958. The molecule has 3 nitrogen and oxygen atoms in total. The predicted molar refractivity (Wildman–Crippen MR) is 292 cm³/mol. The number of hydrogen-bond acceptors (Lipinski definition) is 1. The van der Waals surface area contributed by atoms with Crippen LogP contribution in [0.25, 0.3) is 99.5 Å². The molecule has 0 saturated heterocycles. The van der Waals surface area contributed by atoms with Crippen molar-refractivity contribution in [2.45, 2.75) is 0 Å². The van der Waals surface area contributed by atoms with Gasteiger partial charge in [0, 0.05) is 50.0 Å². The second-order valence-electron chi connectivity index (χ2n) is 17.8. The lowest BCUT2D eigenvalue weighted by atomic mass is 9.98. The van der Waals surface area contributed by atoms with E-state index in [1.54, 1.807) is 0 Å². The number of anilines is 3. The lowest BCUT2D eigenvalue weighted by Gasteiger charge is -2.27. The minimum Gasteiger partial charge on any atom is -0.310 e. The predicted octanol–water partition coefficient (Wildman–Crippen LogP) is 18.0. The van der Waals surface area contributed by atoms with Gasteiger partial charge in [0.05, 0.1) is 22.1 Å². The van der Waals surface area contributed by atoms with Crippen LogP contribution in [0.15, 0.2) is 273 Å². The minimum absolute atomic E-state index is 1.08. The fraction of sp³-hybridized carbons (Fsp3) is 0. The van der Waals surface area contributed by atoms with E-state index in [9.17, 15) is 0 Å². The number of aromatic nitrogens is 2. The van der Waals surface area contributed by atoms with Gasteiger partial charge in [-0.2, -0.15) is 0 Å². The third kappa shape index (κ3) is 7.16. The van der Waals surface area contributed by atoms with Crippen molar-refractivity contribution in [1.82, 2.24) is 9.13 Å². The zero-order valence-electron chi connectivity index (χ0n) is 37.8. The van der Waals surface area contributed by atoms with Gasteiger partial charge in [-0.3, -0.25) is 0 Å². The van der Waals surface area contributed by atoms with Crippen molar-refractivity contribution in [1.29, 1.82) is 0 Å². The van der Waals surface area contributed by atoms with E-state index in [0.29, 0.717) is 0 Å². The van der Waals surface area contributed by atoms with Gasteiger partial charge in [0.25, 0.3) is 0 Å². The lowest BCUT2D eigenvalue weighted by molar-refractivity contribution is 1.18. The molecule has 0 aliphatic heterocycles. The van der Waals surface area contributed by atoms with Crippen molar-refractivity contribution in [3.8, 4) is 55.9 Å². The summed E-state index contributed by atoms with van der Waals surface area (Å²) in [7, 11) is 0. The Kier molecular flexibility index (Phi) is 9.84. The Labute approximate surface area is 401 Å². The highest BCUT2D eigenvalue weighted by molar-refractivity contribution is 6.13. The minimum atomic E-state index is 1.08. The molecule has 0 atom stereocenters.